The van der Waals surface area contributed by atoms with Gasteiger partial charge < -0.3 is 5.32 Å². The van der Waals surface area contributed by atoms with Crippen LogP contribution in [0.4, 0.5) is 0 Å². The molecule has 0 unspecified atom stereocenters. The van der Waals surface area contributed by atoms with Crippen LogP contribution in [0, 0.1) is 5.92 Å². The average Bonchev–Trinajstić information content (AvgIpc) is 2.39. The quantitative estimate of drug-likeness (QED) is 0.675. The lowest BCUT2D eigenvalue weighted by molar-refractivity contribution is -0.109. The van der Waals surface area contributed by atoms with E-state index in [4.69, 9.17) is 4.79 Å². The molecule has 0 aromatic rings. The van der Waals surface area contributed by atoms with Crippen molar-refractivity contribution in [1.82, 2.24) is 10.2 Å². The van der Waals surface area contributed by atoms with E-state index < -0.39 is 0 Å². The number of carbonyl (C=O) groups is 1. The molecule has 0 aromatic heterocycles. The van der Waals surface area contributed by atoms with Crippen LogP contribution in [-0.4, -0.2) is 37.0 Å². The molecule has 3 heteroatoms. The molecule has 1 N–H and O–H groups in total. The Balaban J connectivity index is -0.000000410. The van der Waals surface area contributed by atoms with E-state index in [0.29, 0.717) is 11.9 Å². The van der Waals surface area contributed by atoms with Gasteiger partial charge in [0.1, 0.15) is 0 Å². The lowest BCUT2D eigenvalue weighted by Crippen LogP contribution is -2.45. The first-order valence-corrected chi connectivity index (χ1v) is 8.21. The highest BCUT2D eigenvalue weighted by Crippen LogP contribution is 2.23. The molecule has 0 saturated carbocycles. The molecule has 0 atom stereocenters. The number of rotatable bonds is 8. The Bertz CT molecular complexity index is 185. The van der Waals surface area contributed by atoms with Crippen LogP contribution in [0.25, 0.3) is 0 Å². The predicted octanol–water partition coefficient (Wildman–Crippen LogP) is 4.32. The minimum Gasteiger partial charge on any atom is -0.362 e. The first-order valence-electron chi connectivity index (χ1n) is 8.21. The van der Waals surface area contributed by atoms with E-state index in [1.165, 1.54) is 32.4 Å². The number of carbonyl (C=O) groups excluding carboxylic acids is 1. The summed E-state index contributed by atoms with van der Waals surface area (Å²) in [5.74, 6) is 0.793. The molecule has 20 heavy (non-hydrogen) atoms. The van der Waals surface area contributed by atoms with Crippen molar-refractivity contribution in [2.45, 2.75) is 80.2 Å². The minimum absolute atomic E-state index is 0.375. The smallest absolute Gasteiger partial charge is 0.206 e. The number of amides is 1. The second-order valence-corrected chi connectivity index (χ2v) is 5.80. The molecule has 0 heterocycles. The summed E-state index contributed by atoms with van der Waals surface area (Å²) >= 11 is 0. The summed E-state index contributed by atoms with van der Waals surface area (Å²) in [6.45, 7) is 20.4. The molecule has 0 aliphatic rings. The van der Waals surface area contributed by atoms with Crippen molar-refractivity contribution in [3.8, 4) is 0 Å². The van der Waals surface area contributed by atoms with E-state index in [9.17, 15) is 0 Å². The van der Waals surface area contributed by atoms with Gasteiger partial charge in [0.2, 0.25) is 6.41 Å². The Morgan fingerprint density at radius 3 is 1.65 bits per heavy atom. The molecule has 3 nitrogen and oxygen atoms in total. The van der Waals surface area contributed by atoms with E-state index >= 15 is 0 Å². The van der Waals surface area contributed by atoms with Crippen molar-refractivity contribution in [3.05, 3.63) is 0 Å². The van der Waals surface area contributed by atoms with E-state index in [0.717, 1.165) is 5.92 Å². The first kappa shape index (κ1) is 24.4. The molecule has 0 fully saturated rings. The van der Waals surface area contributed by atoms with Gasteiger partial charge in [-0.1, -0.05) is 41.5 Å². The van der Waals surface area contributed by atoms with Crippen molar-refractivity contribution in [1.29, 1.82) is 0 Å². The largest absolute Gasteiger partial charge is 0.362 e. The zero-order valence-electron chi connectivity index (χ0n) is 15.5. The Labute approximate surface area is 128 Å². The van der Waals surface area contributed by atoms with Crippen molar-refractivity contribution in [2.24, 2.45) is 5.92 Å². The summed E-state index contributed by atoms with van der Waals surface area (Å²) in [6.07, 6.45) is 4.45. The highest BCUT2D eigenvalue weighted by molar-refractivity contribution is 5.44. The maximum Gasteiger partial charge on any atom is 0.206 e. The zero-order chi connectivity index (χ0) is 16.6. The normalized spacial score (nSPS) is 10.3. The Hall–Kier alpha value is -0.570. The molecule has 0 spiro atoms. The van der Waals surface area contributed by atoms with Gasteiger partial charge in [0.15, 0.2) is 0 Å². The van der Waals surface area contributed by atoms with Gasteiger partial charge in [-0.2, -0.15) is 0 Å². The molecule has 0 radical (unpaired) electrons. The van der Waals surface area contributed by atoms with E-state index in [1.807, 2.05) is 13.8 Å². The first-order chi connectivity index (χ1) is 9.35. The standard InChI is InChI=1S/C13H29N.C2H5NO.C2H6/c1-7-9-14(10-8-2)13(5,6)11-12(3)4;1-3-2-4;1-2/h12H,7-11H2,1-6H3;2H,1H3,(H,3,4);1-2H3. The van der Waals surface area contributed by atoms with Crippen LogP contribution in [0.1, 0.15) is 74.7 Å². The van der Waals surface area contributed by atoms with Gasteiger partial charge in [-0.25, -0.2) is 0 Å². The summed E-state index contributed by atoms with van der Waals surface area (Å²) < 4.78 is 0. The second kappa shape index (κ2) is 16.5. The van der Waals surface area contributed by atoms with Gasteiger partial charge in [0, 0.05) is 12.6 Å². The van der Waals surface area contributed by atoms with Crippen LogP contribution in [0.3, 0.4) is 0 Å². The van der Waals surface area contributed by atoms with Gasteiger partial charge >= 0.3 is 0 Å². The molecule has 0 aliphatic heterocycles. The molecule has 0 aromatic carbocycles. The Morgan fingerprint density at radius 2 is 1.45 bits per heavy atom. The van der Waals surface area contributed by atoms with Crippen LogP contribution in [0.15, 0.2) is 0 Å². The van der Waals surface area contributed by atoms with Gasteiger partial charge in [0.25, 0.3) is 0 Å². The van der Waals surface area contributed by atoms with Crippen LogP contribution in [0.2, 0.25) is 0 Å². The van der Waals surface area contributed by atoms with Crippen molar-refractivity contribution in [2.75, 3.05) is 20.1 Å². The summed E-state index contributed by atoms with van der Waals surface area (Å²) in [5, 5.41) is 2.25. The molecule has 0 bridgehead atoms. The molecular weight excluding hydrogens is 248 g/mol. The fraction of sp³-hybridized carbons (Fsp3) is 0.941. The third-order valence-corrected chi connectivity index (χ3v) is 2.87. The number of nitrogens with zero attached hydrogens (tertiary/aromatic N) is 1. The van der Waals surface area contributed by atoms with E-state index in [2.05, 4.69) is 51.8 Å². The van der Waals surface area contributed by atoms with Crippen LogP contribution in [0.5, 0.6) is 0 Å². The summed E-state index contributed by atoms with van der Waals surface area (Å²) in [7, 11) is 1.56. The Morgan fingerprint density at radius 1 is 1.10 bits per heavy atom. The predicted molar refractivity (Wildman–Crippen MR) is 92.2 cm³/mol. The third-order valence-electron chi connectivity index (χ3n) is 2.87. The summed E-state index contributed by atoms with van der Waals surface area (Å²) in [5.41, 5.74) is 0.375. The van der Waals surface area contributed by atoms with E-state index in [-0.39, 0.29) is 0 Å². The number of hydrogen-bond acceptors (Lipinski definition) is 2. The molecule has 124 valence electrons. The van der Waals surface area contributed by atoms with Gasteiger partial charge in [-0.05, 0) is 52.1 Å². The highest BCUT2D eigenvalue weighted by atomic mass is 16.1. The van der Waals surface area contributed by atoms with Crippen LogP contribution >= 0.6 is 0 Å². The summed E-state index contributed by atoms with van der Waals surface area (Å²) in [4.78, 5) is 11.7. The van der Waals surface area contributed by atoms with Gasteiger partial charge in [0.05, 0.1) is 0 Å². The lowest BCUT2D eigenvalue weighted by Gasteiger charge is -2.39. The fourth-order valence-electron chi connectivity index (χ4n) is 2.39. The van der Waals surface area contributed by atoms with Crippen LogP contribution in [-0.2, 0) is 4.79 Å². The SMILES string of the molecule is CC.CCCN(CCC)C(C)(C)CC(C)C.CNC=O. The molecule has 1 amide bonds. The minimum atomic E-state index is 0.375. The maximum atomic E-state index is 9.06. The average molecular weight is 289 g/mol. The zero-order valence-corrected chi connectivity index (χ0v) is 15.5. The topological polar surface area (TPSA) is 32.3 Å². The second-order valence-electron chi connectivity index (χ2n) is 5.80. The monoisotopic (exact) mass is 288 g/mol. The van der Waals surface area contributed by atoms with Crippen molar-refractivity contribution in [3.63, 3.8) is 0 Å². The summed E-state index contributed by atoms with van der Waals surface area (Å²) in [6, 6.07) is 0. The molecule has 0 aliphatic carbocycles. The maximum absolute atomic E-state index is 9.06. The molecular formula is C17H40N2O. The van der Waals surface area contributed by atoms with Gasteiger partial charge in [-0.3, -0.25) is 9.69 Å². The molecule has 0 saturated heterocycles. The molecule has 0 rings (SSSR count). The third kappa shape index (κ3) is 15.5. The van der Waals surface area contributed by atoms with Crippen molar-refractivity contribution < 1.29 is 4.79 Å². The van der Waals surface area contributed by atoms with Crippen molar-refractivity contribution >= 4 is 6.41 Å². The lowest BCUT2D eigenvalue weighted by atomic mass is 9.90. The highest BCUT2D eigenvalue weighted by Gasteiger charge is 2.25. The van der Waals surface area contributed by atoms with Gasteiger partial charge in [-0.15, -0.1) is 0 Å². The van der Waals surface area contributed by atoms with E-state index in [1.54, 1.807) is 7.05 Å². The van der Waals surface area contributed by atoms with Crippen LogP contribution < -0.4 is 5.32 Å². The number of hydrogen-bond donors (Lipinski definition) is 1. The number of nitrogens with one attached hydrogen (secondary N) is 1. The Kier molecular flexibility index (Phi) is 20.2. The fourth-order valence-corrected chi connectivity index (χ4v) is 2.39.